The number of H-pyrrole nitrogens is 1. The highest BCUT2D eigenvalue weighted by Crippen LogP contribution is 2.38. The first kappa shape index (κ1) is 16.0. The highest BCUT2D eigenvalue weighted by molar-refractivity contribution is 9.10. The predicted molar refractivity (Wildman–Crippen MR) is 84.0 cm³/mol. The van der Waals surface area contributed by atoms with Crippen LogP contribution >= 0.6 is 27.5 Å². The van der Waals surface area contributed by atoms with Crippen LogP contribution in [0.5, 0.6) is 5.75 Å². The van der Waals surface area contributed by atoms with Crippen LogP contribution in [-0.2, 0) is 4.74 Å². The van der Waals surface area contributed by atoms with Crippen LogP contribution in [0.3, 0.4) is 0 Å². The molecular formula is C14H15BrClNO5. The van der Waals surface area contributed by atoms with Crippen molar-refractivity contribution in [1.29, 1.82) is 0 Å². The third-order valence-electron chi connectivity index (χ3n) is 3.75. The zero-order valence-corrected chi connectivity index (χ0v) is 13.9. The van der Waals surface area contributed by atoms with E-state index in [0.29, 0.717) is 20.6 Å². The lowest BCUT2D eigenvalue weighted by Gasteiger charge is -2.38. The van der Waals surface area contributed by atoms with E-state index >= 15 is 0 Å². The summed E-state index contributed by atoms with van der Waals surface area (Å²) in [5.74, 6) is 0.390. The number of aliphatic hydroxyl groups is 3. The zero-order valence-electron chi connectivity index (χ0n) is 11.5. The summed E-state index contributed by atoms with van der Waals surface area (Å²) in [6.45, 7) is 1.59. The van der Waals surface area contributed by atoms with Gasteiger partial charge in [-0.25, -0.2) is 0 Å². The molecule has 1 aliphatic rings. The summed E-state index contributed by atoms with van der Waals surface area (Å²) in [5.41, 5.74) is 0.766. The summed E-state index contributed by atoms with van der Waals surface area (Å²) in [5, 5.41) is 30.6. The maximum atomic E-state index is 10.0. The monoisotopic (exact) mass is 391 g/mol. The third-order valence-corrected chi connectivity index (χ3v) is 5.03. The lowest BCUT2D eigenvalue weighted by Crippen LogP contribution is -2.58. The molecule has 1 fully saturated rings. The average Bonchev–Trinajstić information content (AvgIpc) is 2.90. The van der Waals surface area contributed by atoms with Gasteiger partial charge in [-0.3, -0.25) is 0 Å². The van der Waals surface area contributed by atoms with Crippen molar-refractivity contribution in [2.24, 2.45) is 0 Å². The summed E-state index contributed by atoms with van der Waals surface area (Å²) < 4.78 is 11.8. The fraction of sp³-hybridized carbons (Fsp3) is 0.429. The van der Waals surface area contributed by atoms with Crippen molar-refractivity contribution in [3.8, 4) is 5.75 Å². The Kier molecular flexibility index (Phi) is 4.37. The topological polar surface area (TPSA) is 94.9 Å². The Balaban J connectivity index is 1.92. The van der Waals surface area contributed by atoms with E-state index in [2.05, 4.69) is 20.9 Å². The molecule has 0 radical (unpaired) electrons. The van der Waals surface area contributed by atoms with Gasteiger partial charge in [0.2, 0.25) is 6.29 Å². The standard InChI is InChI=1S/C14H15BrClNO5/c1-5-11(18)12(19)13(20)14(21-5)22-8-4-17-7-3-2-6(15)10(16)9(7)8/h2-5,11-14,17-20H,1H3/t5-,11-,12+,13+,14+/m0/s1. The van der Waals surface area contributed by atoms with Crippen molar-refractivity contribution < 1.29 is 24.8 Å². The predicted octanol–water partition coefficient (Wildman–Crippen LogP) is 1.79. The lowest BCUT2D eigenvalue weighted by atomic mass is 10.00. The first-order valence-electron chi connectivity index (χ1n) is 6.71. The average molecular weight is 393 g/mol. The van der Waals surface area contributed by atoms with Crippen LogP contribution in [0.25, 0.3) is 10.9 Å². The van der Waals surface area contributed by atoms with Crippen molar-refractivity contribution >= 4 is 38.4 Å². The molecule has 120 valence electrons. The fourth-order valence-corrected chi connectivity index (χ4v) is 3.04. The Morgan fingerprint density at radius 3 is 2.68 bits per heavy atom. The quantitative estimate of drug-likeness (QED) is 0.625. The normalized spacial score (nSPS) is 32.4. The maximum Gasteiger partial charge on any atom is 0.229 e. The second kappa shape index (κ2) is 5.99. The molecule has 1 aliphatic heterocycles. The van der Waals surface area contributed by atoms with E-state index < -0.39 is 30.7 Å². The summed E-state index contributed by atoms with van der Waals surface area (Å²) in [4.78, 5) is 3.01. The molecule has 8 heteroatoms. The molecule has 3 rings (SSSR count). The Morgan fingerprint density at radius 1 is 1.23 bits per heavy atom. The number of halogens is 2. The smallest absolute Gasteiger partial charge is 0.229 e. The second-order valence-electron chi connectivity index (χ2n) is 5.24. The van der Waals surface area contributed by atoms with Gasteiger partial charge >= 0.3 is 0 Å². The van der Waals surface area contributed by atoms with Gasteiger partial charge in [0.15, 0.2) is 0 Å². The lowest BCUT2D eigenvalue weighted by molar-refractivity contribution is -0.267. The molecule has 0 spiro atoms. The molecule has 4 N–H and O–H groups in total. The van der Waals surface area contributed by atoms with Crippen LogP contribution in [0.1, 0.15) is 6.92 Å². The van der Waals surface area contributed by atoms with Crippen molar-refractivity contribution in [1.82, 2.24) is 4.98 Å². The molecule has 0 bridgehead atoms. The first-order chi connectivity index (χ1) is 10.4. The van der Waals surface area contributed by atoms with Gasteiger partial charge < -0.3 is 29.8 Å². The van der Waals surface area contributed by atoms with Crippen LogP contribution in [0, 0.1) is 0 Å². The number of aromatic nitrogens is 1. The van der Waals surface area contributed by atoms with Gasteiger partial charge in [0.05, 0.1) is 22.0 Å². The molecule has 0 unspecified atom stereocenters. The first-order valence-corrected chi connectivity index (χ1v) is 7.88. The van der Waals surface area contributed by atoms with Gasteiger partial charge in [-0.05, 0) is 35.0 Å². The minimum atomic E-state index is -1.37. The molecule has 1 aromatic carbocycles. The molecule has 5 atom stereocenters. The molecule has 0 amide bonds. The molecule has 0 aliphatic carbocycles. The minimum Gasteiger partial charge on any atom is -0.460 e. The number of hydrogen-bond donors (Lipinski definition) is 4. The van der Waals surface area contributed by atoms with Gasteiger partial charge in [0.1, 0.15) is 24.1 Å². The molecule has 2 aromatic rings. The molecule has 1 aromatic heterocycles. The number of aliphatic hydroxyl groups excluding tert-OH is 3. The number of rotatable bonds is 2. The molecule has 0 saturated carbocycles. The SMILES string of the molecule is C[C@@H]1O[C@H](Oc2c[nH]c3ccc(Br)c(Cl)c23)[C@H](O)[C@H](O)[C@H]1O. The van der Waals surface area contributed by atoms with Crippen LogP contribution in [0.2, 0.25) is 5.02 Å². The number of nitrogens with one attached hydrogen (secondary N) is 1. The minimum absolute atomic E-state index is 0.390. The van der Waals surface area contributed by atoms with E-state index in [1.807, 2.05) is 6.07 Å². The van der Waals surface area contributed by atoms with E-state index in [9.17, 15) is 15.3 Å². The van der Waals surface area contributed by atoms with E-state index in [-0.39, 0.29) is 0 Å². The van der Waals surface area contributed by atoms with Gasteiger partial charge in [-0.1, -0.05) is 11.6 Å². The summed E-state index contributed by atoms with van der Waals surface area (Å²) in [7, 11) is 0. The van der Waals surface area contributed by atoms with Gasteiger partial charge in [-0.15, -0.1) is 0 Å². The summed E-state index contributed by atoms with van der Waals surface area (Å²) >= 11 is 9.61. The maximum absolute atomic E-state index is 10.0. The Labute approximate surface area is 139 Å². The number of aromatic amines is 1. The van der Waals surface area contributed by atoms with Crippen molar-refractivity contribution in [2.45, 2.75) is 37.6 Å². The van der Waals surface area contributed by atoms with Crippen LogP contribution < -0.4 is 4.74 Å². The largest absolute Gasteiger partial charge is 0.460 e. The molecule has 1 saturated heterocycles. The van der Waals surface area contributed by atoms with Gasteiger partial charge in [0, 0.05) is 10.7 Å². The number of fused-ring (bicyclic) bond motifs is 1. The summed E-state index contributed by atoms with van der Waals surface area (Å²) in [6.07, 6.45) is -4.07. The second-order valence-corrected chi connectivity index (χ2v) is 6.47. The summed E-state index contributed by atoms with van der Waals surface area (Å²) in [6, 6.07) is 3.64. The van der Waals surface area contributed by atoms with Crippen molar-refractivity contribution in [3.63, 3.8) is 0 Å². The molecule has 2 heterocycles. The Bertz CT molecular complexity index is 693. The molecule has 22 heavy (non-hydrogen) atoms. The van der Waals surface area contributed by atoms with Crippen LogP contribution in [0.4, 0.5) is 0 Å². The van der Waals surface area contributed by atoms with E-state index in [1.165, 1.54) is 0 Å². The van der Waals surface area contributed by atoms with Crippen molar-refractivity contribution in [2.75, 3.05) is 0 Å². The van der Waals surface area contributed by atoms with E-state index in [0.717, 1.165) is 5.52 Å². The van der Waals surface area contributed by atoms with Crippen LogP contribution in [0.15, 0.2) is 22.8 Å². The number of ether oxygens (including phenoxy) is 2. The molecular weight excluding hydrogens is 378 g/mol. The Morgan fingerprint density at radius 2 is 1.95 bits per heavy atom. The van der Waals surface area contributed by atoms with E-state index in [4.69, 9.17) is 21.1 Å². The van der Waals surface area contributed by atoms with Crippen molar-refractivity contribution in [3.05, 3.63) is 27.8 Å². The van der Waals surface area contributed by atoms with E-state index in [1.54, 1.807) is 19.2 Å². The zero-order chi connectivity index (χ0) is 16.0. The Hall–Kier alpha value is -0.830. The molecule has 6 nitrogen and oxygen atoms in total. The number of hydrogen-bond acceptors (Lipinski definition) is 5. The van der Waals surface area contributed by atoms with Gasteiger partial charge in [-0.2, -0.15) is 0 Å². The highest BCUT2D eigenvalue weighted by atomic mass is 79.9. The fourth-order valence-electron chi connectivity index (χ4n) is 2.46. The third kappa shape index (κ3) is 2.62. The van der Waals surface area contributed by atoms with Gasteiger partial charge in [0.25, 0.3) is 0 Å². The number of benzene rings is 1. The van der Waals surface area contributed by atoms with Crippen LogP contribution in [-0.4, -0.2) is 51.0 Å². The highest BCUT2D eigenvalue weighted by Gasteiger charge is 2.43.